The van der Waals surface area contributed by atoms with E-state index in [1.807, 2.05) is 0 Å². The summed E-state index contributed by atoms with van der Waals surface area (Å²) in [6.45, 7) is 6.78. The summed E-state index contributed by atoms with van der Waals surface area (Å²) in [5.74, 6) is 2.39. The van der Waals surface area contributed by atoms with Gasteiger partial charge in [-0.2, -0.15) is 0 Å². The minimum Gasteiger partial charge on any atom is -0.496 e. The van der Waals surface area contributed by atoms with Gasteiger partial charge in [0.05, 0.1) is 7.11 Å². The Balaban J connectivity index is 2.18. The first-order valence-electron chi connectivity index (χ1n) is 7.09. The van der Waals surface area contributed by atoms with Gasteiger partial charge in [0, 0.05) is 0 Å². The molecular formula is C16H25NO. The van der Waals surface area contributed by atoms with Gasteiger partial charge in [-0.3, -0.25) is 0 Å². The van der Waals surface area contributed by atoms with E-state index in [9.17, 15) is 0 Å². The van der Waals surface area contributed by atoms with E-state index in [4.69, 9.17) is 4.74 Å². The van der Waals surface area contributed by atoms with Gasteiger partial charge in [0.1, 0.15) is 5.75 Å². The molecule has 2 rings (SSSR count). The number of hydrogen-bond donors (Lipinski definition) is 1. The highest BCUT2D eigenvalue weighted by atomic mass is 16.5. The fourth-order valence-corrected chi connectivity index (χ4v) is 2.88. The maximum absolute atomic E-state index is 5.66. The van der Waals surface area contributed by atoms with Crippen molar-refractivity contribution < 1.29 is 4.74 Å². The Kier molecular flexibility index (Phi) is 4.65. The number of ether oxygens (including phenoxy) is 1. The summed E-state index contributed by atoms with van der Waals surface area (Å²) in [6, 6.07) is 6.58. The third kappa shape index (κ3) is 3.05. The molecule has 18 heavy (non-hydrogen) atoms. The van der Waals surface area contributed by atoms with Crippen molar-refractivity contribution >= 4 is 0 Å². The van der Waals surface area contributed by atoms with E-state index in [2.05, 4.69) is 37.4 Å². The van der Waals surface area contributed by atoms with Crippen LogP contribution in [0.25, 0.3) is 0 Å². The normalized spacial score (nSPS) is 20.1. The quantitative estimate of drug-likeness (QED) is 0.881. The Hall–Kier alpha value is -1.02. The van der Waals surface area contributed by atoms with E-state index in [0.717, 1.165) is 24.6 Å². The zero-order valence-corrected chi connectivity index (χ0v) is 11.8. The standard InChI is InChI=1S/C16H25NO/c1-12(2)15-8-4-7-14(16(15)18-3)10-13-6-5-9-17-11-13/h4,7-8,12-13,17H,5-6,9-11H2,1-3H3. The summed E-state index contributed by atoms with van der Waals surface area (Å²) in [5, 5.41) is 3.49. The molecule has 1 N–H and O–H groups in total. The summed E-state index contributed by atoms with van der Waals surface area (Å²) in [5.41, 5.74) is 2.70. The third-order valence-electron chi connectivity index (χ3n) is 3.86. The zero-order valence-electron chi connectivity index (χ0n) is 11.8. The zero-order chi connectivity index (χ0) is 13.0. The van der Waals surface area contributed by atoms with Crippen LogP contribution in [0.1, 0.15) is 43.7 Å². The Morgan fingerprint density at radius 3 is 2.83 bits per heavy atom. The SMILES string of the molecule is COc1c(CC2CCCNC2)cccc1C(C)C. The lowest BCUT2D eigenvalue weighted by Crippen LogP contribution is -2.30. The molecule has 0 aliphatic carbocycles. The molecule has 1 aliphatic rings. The summed E-state index contributed by atoms with van der Waals surface area (Å²) in [7, 11) is 1.80. The molecule has 0 spiro atoms. The van der Waals surface area contributed by atoms with Crippen LogP contribution in [0.3, 0.4) is 0 Å². The first-order valence-corrected chi connectivity index (χ1v) is 7.09. The molecule has 1 fully saturated rings. The molecule has 2 nitrogen and oxygen atoms in total. The van der Waals surface area contributed by atoms with E-state index in [1.165, 1.54) is 30.5 Å². The Labute approximate surface area is 111 Å². The van der Waals surface area contributed by atoms with Gasteiger partial charge in [-0.25, -0.2) is 0 Å². The number of para-hydroxylation sites is 1. The van der Waals surface area contributed by atoms with Crippen molar-refractivity contribution in [1.29, 1.82) is 0 Å². The molecular weight excluding hydrogens is 222 g/mol. The smallest absolute Gasteiger partial charge is 0.125 e. The van der Waals surface area contributed by atoms with Crippen LogP contribution in [0.15, 0.2) is 18.2 Å². The van der Waals surface area contributed by atoms with Crippen molar-refractivity contribution in [3.8, 4) is 5.75 Å². The van der Waals surface area contributed by atoms with Crippen LogP contribution in [0.4, 0.5) is 0 Å². The molecule has 0 aromatic heterocycles. The fourth-order valence-electron chi connectivity index (χ4n) is 2.88. The Morgan fingerprint density at radius 1 is 1.39 bits per heavy atom. The van der Waals surface area contributed by atoms with Crippen LogP contribution in [0.2, 0.25) is 0 Å². The third-order valence-corrected chi connectivity index (χ3v) is 3.86. The minimum atomic E-state index is 0.518. The number of piperidine rings is 1. The van der Waals surface area contributed by atoms with Crippen LogP contribution in [0, 0.1) is 5.92 Å². The molecule has 1 aromatic rings. The molecule has 100 valence electrons. The molecule has 2 heteroatoms. The van der Waals surface area contributed by atoms with E-state index < -0.39 is 0 Å². The van der Waals surface area contributed by atoms with Crippen molar-refractivity contribution in [2.75, 3.05) is 20.2 Å². The van der Waals surface area contributed by atoms with Gasteiger partial charge < -0.3 is 10.1 Å². The summed E-state index contributed by atoms with van der Waals surface area (Å²) in [6.07, 6.45) is 3.77. The predicted molar refractivity (Wildman–Crippen MR) is 76.4 cm³/mol. The van der Waals surface area contributed by atoms with Gasteiger partial charge in [-0.1, -0.05) is 32.0 Å². The highest BCUT2D eigenvalue weighted by Gasteiger charge is 2.17. The lowest BCUT2D eigenvalue weighted by Gasteiger charge is -2.24. The maximum Gasteiger partial charge on any atom is 0.125 e. The van der Waals surface area contributed by atoms with Crippen LogP contribution < -0.4 is 10.1 Å². The van der Waals surface area contributed by atoms with E-state index in [0.29, 0.717) is 5.92 Å². The summed E-state index contributed by atoms with van der Waals surface area (Å²) < 4.78 is 5.66. The monoisotopic (exact) mass is 247 g/mol. The highest BCUT2D eigenvalue weighted by molar-refractivity contribution is 5.43. The molecule has 1 aliphatic heterocycles. The van der Waals surface area contributed by atoms with Crippen molar-refractivity contribution in [3.63, 3.8) is 0 Å². The van der Waals surface area contributed by atoms with Crippen LogP contribution in [-0.2, 0) is 6.42 Å². The average molecular weight is 247 g/mol. The van der Waals surface area contributed by atoms with Crippen molar-refractivity contribution in [2.45, 2.75) is 39.0 Å². The Bertz CT molecular complexity index is 381. The number of rotatable bonds is 4. The second kappa shape index (κ2) is 6.24. The second-order valence-electron chi connectivity index (χ2n) is 5.61. The molecule has 1 heterocycles. The molecule has 1 aromatic carbocycles. The van der Waals surface area contributed by atoms with E-state index in [1.54, 1.807) is 7.11 Å². The molecule has 1 atom stereocenters. The fraction of sp³-hybridized carbons (Fsp3) is 0.625. The average Bonchev–Trinajstić information content (AvgIpc) is 2.39. The van der Waals surface area contributed by atoms with Crippen molar-refractivity contribution in [3.05, 3.63) is 29.3 Å². The molecule has 0 amide bonds. The van der Waals surface area contributed by atoms with E-state index in [-0.39, 0.29) is 0 Å². The van der Waals surface area contributed by atoms with Gasteiger partial charge in [0.15, 0.2) is 0 Å². The number of benzene rings is 1. The lowest BCUT2D eigenvalue weighted by atomic mass is 9.89. The highest BCUT2D eigenvalue weighted by Crippen LogP contribution is 2.32. The van der Waals surface area contributed by atoms with Crippen molar-refractivity contribution in [1.82, 2.24) is 5.32 Å². The topological polar surface area (TPSA) is 21.3 Å². The van der Waals surface area contributed by atoms with Crippen LogP contribution in [-0.4, -0.2) is 20.2 Å². The largest absolute Gasteiger partial charge is 0.496 e. The minimum absolute atomic E-state index is 0.518. The van der Waals surface area contributed by atoms with E-state index >= 15 is 0 Å². The number of nitrogens with one attached hydrogen (secondary N) is 1. The molecule has 1 unspecified atom stereocenters. The van der Waals surface area contributed by atoms with Gasteiger partial charge in [-0.05, 0) is 55.3 Å². The van der Waals surface area contributed by atoms with Gasteiger partial charge in [0.2, 0.25) is 0 Å². The first kappa shape index (κ1) is 13.4. The van der Waals surface area contributed by atoms with Crippen LogP contribution in [0.5, 0.6) is 5.75 Å². The Morgan fingerprint density at radius 2 is 2.22 bits per heavy atom. The molecule has 1 saturated heterocycles. The maximum atomic E-state index is 5.66. The first-order chi connectivity index (χ1) is 8.72. The lowest BCUT2D eigenvalue weighted by molar-refractivity contribution is 0.362. The van der Waals surface area contributed by atoms with Gasteiger partial charge in [-0.15, -0.1) is 0 Å². The summed E-state index contributed by atoms with van der Waals surface area (Å²) in [4.78, 5) is 0. The predicted octanol–water partition coefficient (Wildman–Crippen LogP) is 3.36. The van der Waals surface area contributed by atoms with Crippen LogP contribution >= 0.6 is 0 Å². The molecule has 0 saturated carbocycles. The molecule has 0 bridgehead atoms. The second-order valence-corrected chi connectivity index (χ2v) is 5.61. The molecule has 0 radical (unpaired) electrons. The number of methoxy groups -OCH3 is 1. The van der Waals surface area contributed by atoms with Gasteiger partial charge >= 0.3 is 0 Å². The number of hydrogen-bond acceptors (Lipinski definition) is 2. The van der Waals surface area contributed by atoms with Crippen molar-refractivity contribution in [2.24, 2.45) is 5.92 Å². The summed E-state index contributed by atoms with van der Waals surface area (Å²) >= 11 is 0. The van der Waals surface area contributed by atoms with Gasteiger partial charge in [0.25, 0.3) is 0 Å².